The van der Waals surface area contributed by atoms with E-state index >= 15 is 0 Å². The Balaban J connectivity index is 2.96. The van der Waals surface area contributed by atoms with Gasteiger partial charge in [0, 0.05) is 10.8 Å². The van der Waals surface area contributed by atoms with Gasteiger partial charge in [0.05, 0.1) is 17.8 Å². The van der Waals surface area contributed by atoms with Crippen LogP contribution < -0.4 is 4.74 Å². The Hall–Kier alpha value is -1.28. The van der Waals surface area contributed by atoms with Crippen LogP contribution in [-0.4, -0.2) is 12.1 Å². The average Bonchev–Trinajstić information content (AvgIpc) is 2.23. The molecule has 2 nitrogen and oxygen atoms in total. The van der Waals surface area contributed by atoms with E-state index in [9.17, 15) is 0 Å². The van der Waals surface area contributed by atoms with Gasteiger partial charge in [-0.05, 0) is 25.5 Å². The molecule has 1 aromatic heterocycles. The van der Waals surface area contributed by atoms with Gasteiger partial charge in [0.25, 0.3) is 0 Å². The lowest BCUT2D eigenvalue weighted by Crippen LogP contribution is -1.94. The molecule has 0 saturated carbocycles. The van der Waals surface area contributed by atoms with Crippen LogP contribution >= 0.6 is 11.6 Å². The van der Waals surface area contributed by atoms with Crippen LogP contribution in [0, 0.1) is 13.8 Å². The maximum atomic E-state index is 6.24. The maximum absolute atomic E-state index is 6.24. The van der Waals surface area contributed by atoms with E-state index in [1.807, 2.05) is 32.0 Å². The number of hydrogen-bond donors (Lipinski definition) is 0. The van der Waals surface area contributed by atoms with E-state index in [1.165, 1.54) is 0 Å². The molecule has 0 saturated heterocycles. The highest BCUT2D eigenvalue weighted by Gasteiger charge is 2.11. The van der Waals surface area contributed by atoms with Gasteiger partial charge in [0.15, 0.2) is 0 Å². The summed E-state index contributed by atoms with van der Waals surface area (Å²) < 4.78 is 5.25. The van der Waals surface area contributed by atoms with E-state index in [0.717, 1.165) is 22.0 Å². The third kappa shape index (κ3) is 1.55. The average molecular weight is 222 g/mol. The van der Waals surface area contributed by atoms with Crippen molar-refractivity contribution in [2.45, 2.75) is 13.8 Å². The highest BCUT2D eigenvalue weighted by Crippen LogP contribution is 2.33. The zero-order valence-electron chi connectivity index (χ0n) is 8.97. The molecule has 2 aromatic rings. The summed E-state index contributed by atoms with van der Waals surface area (Å²) in [4.78, 5) is 4.31. The number of nitrogens with zero attached hydrogens (tertiary/aromatic N) is 1. The van der Waals surface area contributed by atoms with Gasteiger partial charge in [-0.3, -0.25) is 0 Å². The molecule has 0 aliphatic rings. The minimum Gasteiger partial charge on any atom is -0.481 e. The van der Waals surface area contributed by atoms with Crippen molar-refractivity contribution in [3.05, 3.63) is 34.5 Å². The first-order valence-corrected chi connectivity index (χ1v) is 5.12. The fourth-order valence-electron chi connectivity index (χ4n) is 1.74. The number of aryl methyl sites for hydroxylation is 2. The van der Waals surface area contributed by atoms with Gasteiger partial charge >= 0.3 is 0 Å². The third-order valence-corrected chi connectivity index (χ3v) is 2.97. The van der Waals surface area contributed by atoms with E-state index in [-0.39, 0.29) is 0 Å². The number of rotatable bonds is 1. The normalized spacial score (nSPS) is 10.7. The molecule has 0 spiro atoms. The zero-order valence-corrected chi connectivity index (χ0v) is 9.72. The lowest BCUT2D eigenvalue weighted by molar-refractivity contribution is 0.402. The second-order valence-corrected chi connectivity index (χ2v) is 3.90. The van der Waals surface area contributed by atoms with Crippen molar-refractivity contribution >= 4 is 22.4 Å². The summed E-state index contributed by atoms with van der Waals surface area (Å²) in [6, 6.07) is 5.99. The molecule has 0 atom stereocenters. The van der Waals surface area contributed by atoms with Crippen molar-refractivity contribution in [1.29, 1.82) is 0 Å². The Morgan fingerprint density at radius 3 is 2.67 bits per heavy atom. The molecule has 3 heteroatoms. The molecule has 15 heavy (non-hydrogen) atoms. The number of ether oxygens (including phenoxy) is 1. The zero-order chi connectivity index (χ0) is 11.0. The first-order chi connectivity index (χ1) is 7.15. The number of pyridine rings is 1. The predicted octanol–water partition coefficient (Wildman–Crippen LogP) is 3.51. The van der Waals surface area contributed by atoms with Gasteiger partial charge in [0.1, 0.15) is 0 Å². The Morgan fingerprint density at radius 2 is 2.00 bits per heavy atom. The number of aromatic nitrogens is 1. The highest BCUT2D eigenvalue weighted by atomic mass is 35.5. The van der Waals surface area contributed by atoms with Crippen LogP contribution in [0.3, 0.4) is 0 Å². The standard InChI is InChI=1S/C12H12ClNO/c1-7-5-4-6-9-10(7)11(13)8(2)14-12(9)15-3/h4-6H,1-3H3. The van der Waals surface area contributed by atoms with E-state index in [1.54, 1.807) is 7.11 Å². The first-order valence-electron chi connectivity index (χ1n) is 4.74. The van der Waals surface area contributed by atoms with Gasteiger partial charge in [-0.1, -0.05) is 23.7 Å². The summed E-state index contributed by atoms with van der Waals surface area (Å²) in [7, 11) is 1.62. The Bertz CT molecular complexity index is 523. The van der Waals surface area contributed by atoms with Crippen LogP contribution in [-0.2, 0) is 0 Å². The van der Waals surface area contributed by atoms with Gasteiger partial charge in [0.2, 0.25) is 5.88 Å². The van der Waals surface area contributed by atoms with Crippen LogP contribution in [0.2, 0.25) is 5.02 Å². The largest absolute Gasteiger partial charge is 0.481 e. The number of methoxy groups -OCH3 is 1. The molecular weight excluding hydrogens is 210 g/mol. The van der Waals surface area contributed by atoms with Crippen molar-refractivity contribution in [3.63, 3.8) is 0 Å². The summed E-state index contributed by atoms with van der Waals surface area (Å²) >= 11 is 6.24. The molecular formula is C12H12ClNO. The molecule has 0 aliphatic heterocycles. The van der Waals surface area contributed by atoms with Crippen molar-refractivity contribution in [1.82, 2.24) is 4.98 Å². The molecule has 0 N–H and O–H groups in total. The monoisotopic (exact) mass is 221 g/mol. The van der Waals surface area contributed by atoms with Gasteiger partial charge < -0.3 is 4.74 Å². The van der Waals surface area contributed by atoms with Gasteiger partial charge in [-0.15, -0.1) is 0 Å². The summed E-state index contributed by atoms with van der Waals surface area (Å²) in [5.41, 5.74) is 1.94. The molecule has 78 valence electrons. The first kappa shape index (κ1) is 10.2. The topological polar surface area (TPSA) is 22.1 Å². The van der Waals surface area contributed by atoms with E-state index in [0.29, 0.717) is 10.9 Å². The van der Waals surface area contributed by atoms with Crippen LogP contribution in [0.1, 0.15) is 11.3 Å². The SMILES string of the molecule is COc1nc(C)c(Cl)c2c(C)cccc12. The predicted molar refractivity (Wildman–Crippen MR) is 62.8 cm³/mol. The van der Waals surface area contributed by atoms with Crippen LogP contribution in [0.5, 0.6) is 5.88 Å². The van der Waals surface area contributed by atoms with E-state index < -0.39 is 0 Å². The number of fused-ring (bicyclic) bond motifs is 1. The third-order valence-electron chi connectivity index (χ3n) is 2.50. The summed E-state index contributed by atoms with van der Waals surface area (Å²) in [6.45, 7) is 3.92. The molecule has 0 fully saturated rings. The summed E-state index contributed by atoms with van der Waals surface area (Å²) in [5, 5.41) is 2.71. The molecule has 0 aliphatic carbocycles. The van der Waals surface area contributed by atoms with Crippen LogP contribution in [0.15, 0.2) is 18.2 Å². The molecule has 1 heterocycles. The summed E-state index contributed by atoms with van der Waals surface area (Å²) in [5.74, 6) is 0.635. The fourth-order valence-corrected chi connectivity index (χ4v) is 2.03. The Kier molecular flexibility index (Phi) is 2.53. The molecule has 0 bridgehead atoms. The van der Waals surface area contributed by atoms with Crippen molar-refractivity contribution in [2.24, 2.45) is 0 Å². The number of halogens is 1. The van der Waals surface area contributed by atoms with Crippen LogP contribution in [0.25, 0.3) is 10.8 Å². The Labute approximate surface area is 93.8 Å². The molecule has 0 amide bonds. The fraction of sp³-hybridized carbons (Fsp3) is 0.250. The smallest absolute Gasteiger partial charge is 0.221 e. The highest BCUT2D eigenvalue weighted by molar-refractivity contribution is 6.36. The van der Waals surface area contributed by atoms with Crippen molar-refractivity contribution < 1.29 is 4.74 Å². The molecule has 2 rings (SSSR count). The van der Waals surface area contributed by atoms with E-state index in [4.69, 9.17) is 16.3 Å². The molecule has 0 unspecified atom stereocenters. The van der Waals surface area contributed by atoms with Gasteiger partial charge in [-0.2, -0.15) is 0 Å². The summed E-state index contributed by atoms with van der Waals surface area (Å²) in [6.07, 6.45) is 0. The second-order valence-electron chi connectivity index (χ2n) is 3.52. The number of hydrogen-bond acceptors (Lipinski definition) is 2. The number of benzene rings is 1. The lowest BCUT2D eigenvalue weighted by Gasteiger charge is -2.10. The quantitative estimate of drug-likeness (QED) is 0.735. The van der Waals surface area contributed by atoms with Crippen molar-refractivity contribution in [2.75, 3.05) is 7.11 Å². The maximum Gasteiger partial charge on any atom is 0.221 e. The minimum atomic E-state index is 0.635. The van der Waals surface area contributed by atoms with Gasteiger partial charge in [-0.25, -0.2) is 4.98 Å². The Morgan fingerprint density at radius 1 is 1.27 bits per heavy atom. The van der Waals surface area contributed by atoms with Crippen LogP contribution in [0.4, 0.5) is 0 Å². The minimum absolute atomic E-state index is 0.635. The lowest BCUT2D eigenvalue weighted by atomic mass is 10.1. The van der Waals surface area contributed by atoms with Crippen molar-refractivity contribution in [3.8, 4) is 5.88 Å². The second kappa shape index (κ2) is 3.70. The van der Waals surface area contributed by atoms with E-state index in [2.05, 4.69) is 4.98 Å². The molecule has 1 aromatic carbocycles. The molecule has 0 radical (unpaired) electrons.